The summed E-state index contributed by atoms with van der Waals surface area (Å²) in [6.45, 7) is 1.95. The fourth-order valence-electron chi connectivity index (χ4n) is 4.78. The van der Waals surface area contributed by atoms with Crippen LogP contribution >= 0.6 is 0 Å². The molecule has 1 aliphatic heterocycles. The first-order chi connectivity index (χ1) is 13.7. The lowest BCUT2D eigenvalue weighted by Gasteiger charge is -2.27. The predicted octanol–water partition coefficient (Wildman–Crippen LogP) is 5.36. The Morgan fingerprint density at radius 2 is 1.89 bits per heavy atom. The zero-order valence-electron chi connectivity index (χ0n) is 16.5. The Bertz CT molecular complexity index is 800. The molecule has 0 saturated heterocycles. The molecule has 0 spiro atoms. The van der Waals surface area contributed by atoms with Crippen molar-refractivity contribution in [3.05, 3.63) is 65.2 Å². The van der Waals surface area contributed by atoms with E-state index in [0.717, 1.165) is 31.5 Å². The first kappa shape index (κ1) is 18.9. The van der Waals surface area contributed by atoms with E-state index in [1.807, 2.05) is 0 Å². The third kappa shape index (κ3) is 4.49. The lowest BCUT2D eigenvalue weighted by Crippen LogP contribution is -2.21. The first-order valence-corrected chi connectivity index (χ1v) is 10.6. The minimum Gasteiger partial charge on any atom is -0.442 e. The number of carbonyl (C=O) groups is 1. The summed E-state index contributed by atoms with van der Waals surface area (Å²) >= 11 is 0. The van der Waals surface area contributed by atoms with Gasteiger partial charge in [-0.25, -0.2) is 4.79 Å². The van der Waals surface area contributed by atoms with Gasteiger partial charge in [0.15, 0.2) is 0 Å². The maximum absolute atomic E-state index is 11.5. The molecule has 2 aliphatic rings. The van der Waals surface area contributed by atoms with Gasteiger partial charge in [-0.05, 0) is 47.6 Å². The monoisotopic (exact) mass is 378 g/mol. The van der Waals surface area contributed by atoms with Gasteiger partial charge in [0.05, 0.1) is 0 Å². The number of nitrogens with two attached hydrogens (primary N) is 1. The van der Waals surface area contributed by atoms with Gasteiger partial charge in [0.1, 0.15) is 6.10 Å². The van der Waals surface area contributed by atoms with Crippen molar-refractivity contribution in [2.75, 3.05) is 11.4 Å². The summed E-state index contributed by atoms with van der Waals surface area (Å²) in [5, 5.41) is 0. The number of rotatable bonds is 6. The molecule has 28 heavy (non-hydrogen) atoms. The van der Waals surface area contributed by atoms with E-state index in [4.69, 9.17) is 10.5 Å². The van der Waals surface area contributed by atoms with Crippen molar-refractivity contribution in [2.45, 2.75) is 57.6 Å². The van der Waals surface area contributed by atoms with Crippen LogP contribution in [0.2, 0.25) is 0 Å². The lowest BCUT2D eigenvalue weighted by atomic mass is 9.84. The second kappa shape index (κ2) is 8.68. The molecule has 1 saturated carbocycles. The summed E-state index contributed by atoms with van der Waals surface area (Å²) in [4.78, 5) is 13.9. The summed E-state index contributed by atoms with van der Waals surface area (Å²) < 4.78 is 5.55. The van der Waals surface area contributed by atoms with E-state index in [2.05, 4.69) is 53.4 Å². The van der Waals surface area contributed by atoms with E-state index in [1.165, 1.54) is 48.9 Å². The van der Waals surface area contributed by atoms with Crippen LogP contribution in [-0.4, -0.2) is 12.6 Å². The average Bonchev–Trinajstić information content (AvgIpc) is 3.11. The quantitative estimate of drug-likeness (QED) is 0.736. The molecule has 2 aromatic rings. The molecule has 2 N–H and O–H groups in total. The second-order valence-electron chi connectivity index (χ2n) is 8.21. The Kier molecular flexibility index (Phi) is 5.84. The third-order valence-corrected chi connectivity index (χ3v) is 6.21. The van der Waals surface area contributed by atoms with E-state index in [-0.39, 0.29) is 6.10 Å². The number of nitrogens with zero attached hydrogens (tertiary/aromatic N) is 1. The topological polar surface area (TPSA) is 55.6 Å². The number of benzene rings is 2. The van der Waals surface area contributed by atoms with Gasteiger partial charge in [-0.1, -0.05) is 68.5 Å². The number of hydrogen-bond donors (Lipinski definition) is 1. The van der Waals surface area contributed by atoms with E-state index < -0.39 is 6.09 Å². The minimum atomic E-state index is -0.674. The maximum atomic E-state index is 11.5. The summed E-state index contributed by atoms with van der Waals surface area (Å²) in [5.41, 5.74) is 10.4. The molecular weight excluding hydrogens is 348 g/mol. The van der Waals surface area contributed by atoms with Crippen molar-refractivity contribution >= 4 is 11.8 Å². The molecule has 1 unspecified atom stereocenters. The van der Waals surface area contributed by atoms with Crippen molar-refractivity contribution in [3.63, 3.8) is 0 Å². The van der Waals surface area contributed by atoms with Gasteiger partial charge in [0.25, 0.3) is 0 Å². The van der Waals surface area contributed by atoms with Crippen LogP contribution < -0.4 is 10.6 Å². The minimum absolute atomic E-state index is 0.228. The molecule has 1 amide bonds. The van der Waals surface area contributed by atoms with Gasteiger partial charge >= 0.3 is 6.09 Å². The zero-order chi connectivity index (χ0) is 19.3. The molecule has 4 rings (SSSR count). The number of ether oxygens (including phenoxy) is 1. The van der Waals surface area contributed by atoms with Crippen LogP contribution in [0.4, 0.5) is 10.5 Å². The molecule has 1 aliphatic carbocycles. The highest BCUT2D eigenvalue weighted by atomic mass is 16.6. The highest BCUT2D eigenvalue weighted by Crippen LogP contribution is 2.37. The summed E-state index contributed by atoms with van der Waals surface area (Å²) in [7, 11) is 0. The number of fused-ring (bicyclic) bond motifs is 1. The smallest absolute Gasteiger partial charge is 0.405 e. The Labute approximate surface area is 167 Å². The third-order valence-electron chi connectivity index (χ3n) is 6.21. The number of primary amides is 1. The normalized spacial score (nSPS) is 17.9. The number of hydrogen-bond acceptors (Lipinski definition) is 3. The number of anilines is 1. The van der Waals surface area contributed by atoms with E-state index in [1.54, 1.807) is 0 Å². The highest BCUT2D eigenvalue weighted by molar-refractivity contribution is 5.65. The molecule has 1 atom stereocenters. The van der Waals surface area contributed by atoms with Crippen molar-refractivity contribution in [1.82, 2.24) is 0 Å². The Morgan fingerprint density at radius 3 is 2.64 bits per heavy atom. The molecule has 148 valence electrons. The van der Waals surface area contributed by atoms with Crippen LogP contribution in [0.3, 0.4) is 0 Å². The van der Waals surface area contributed by atoms with Crippen molar-refractivity contribution in [2.24, 2.45) is 11.7 Å². The van der Waals surface area contributed by atoms with Crippen LogP contribution in [0.25, 0.3) is 0 Å². The van der Waals surface area contributed by atoms with Crippen molar-refractivity contribution in [1.29, 1.82) is 0 Å². The van der Waals surface area contributed by atoms with Crippen LogP contribution in [-0.2, 0) is 17.7 Å². The molecule has 4 heteroatoms. The molecule has 0 bridgehead atoms. The summed E-state index contributed by atoms with van der Waals surface area (Å²) in [6.07, 6.45) is 7.37. The predicted molar refractivity (Wildman–Crippen MR) is 112 cm³/mol. The molecule has 1 heterocycles. The van der Waals surface area contributed by atoms with Gasteiger partial charge in [-0.3, -0.25) is 0 Å². The Morgan fingerprint density at radius 1 is 1.11 bits per heavy atom. The molecule has 1 fully saturated rings. The molecule has 2 aromatic carbocycles. The molecule has 0 radical (unpaired) electrons. The van der Waals surface area contributed by atoms with Crippen LogP contribution in [0.1, 0.15) is 61.3 Å². The highest BCUT2D eigenvalue weighted by Gasteiger charge is 2.25. The standard InChI is InChI=1S/C24H30N2O2/c25-24(27)28-23(15-18-7-3-1-4-8-18)21-11-12-22-20(16-21)13-14-26(22)17-19-9-5-2-6-10-19/h2,5-6,9-12,16,18,23H,1,3-4,7-8,13-15,17H2,(H2,25,27). The summed E-state index contributed by atoms with van der Waals surface area (Å²) in [6, 6.07) is 17.1. The fraction of sp³-hybridized carbons (Fsp3) is 0.458. The average molecular weight is 379 g/mol. The number of carbonyl (C=O) groups excluding carboxylic acids is 1. The van der Waals surface area contributed by atoms with Gasteiger partial charge in [-0.15, -0.1) is 0 Å². The van der Waals surface area contributed by atoms with Crippen LogP contribution in [0.5, 0.6) is 0 Å². The SMILES string of the molecule is NC(=O)OC(CC1CCCCC1)c1ccc2c(c1)CCN2Cc1ccccc1. The molecular formula is C24H30N2O2. The second-order valence-corrected chi connectivity index (χ2v) is 8.21. The Balaban J connectivity index is 1.50. The summed E-state index contributed by atoms with van der Waals surface area (Å²) in [5.74, 6) is 0.626. The Hall–Kier alpha value is -2.49. The van der Waals surface area contributed by atoms with Gasteiger partial charge in [0.2, 0.25) is 0 Å². The molecule has 4 nitrogen and oxygen atoms in total. The van der Waals surface area contributed by atoms with Crippen LogP contribution in [0.15, 0.2) is 48.5 Å². The fourth-order valence-corrected chi connectivity index (χ4v) is 4.78. The first-order valence-electron chi connectivity index (χ1n) is 10.6. The van der Waals surface area contributed by atoms with E-state index in [9.17, 15) is 4.79 Å². The van der Waals surface area contributed by atoms with E-state index in [0.29, 0.717) is 5.92 Å². The zero-order valence-corrected chi connectivity index (χ0v) is 16.5. The van der Waals surface area contributed by atoms with Gasteiger partial charge in [-0.2, -0.15) is 0 Å². The number of amides is 1. The van der Waals surface area contributed by atoms with Gasteiger partial charge in [0, 0.05) is 18.8 Å². The lowest BCUT2D eigenvalue weighted by molar-refractivity contribution is 0.0845. The van der Waals surface area contributed by atoms with Crippen LogP contribution in [0, 0.1) is 5.92 Å². The van der Waals surface area contributed by atoms with Crippen molar-refractivity contribution in [3.8, 4) is 0 Å². The van der Waals surface area contributed by atoms with Gasteiger partial charge < -0.3 is 15.4 Å². The van der Waals surface area contributed by atoms with Crippen molar-refractivity contribution < 1.29 is 9.53 Å². The van der Waals surface area contributed by atoms with E-state index >= 15 is 0 Å². The maximum Gasteiger partial charge on any atom is 0.405 e. The largest absolute Gasteiger partial charge is 0.442 e. The molecule has 0 aromatic heterocycles.